The number of unbranched alkanes of at least 4 members (excludes halogenated alkanes) is 1. The molecule has 3 fully saturated rings. The fraction of sp³-hybridized carbons (Fsp3) is 0.750. The van der Waals surface area contributed by atoms with Crippen LogP contribution in [0.1, 0.15) is 44.9 Å². The van der Waals surface area contributed by atoms with Gasteiger partial charge in [0.15, 0.2) is 5.78 Å². The fourth-order valence-corrected chi connectivity index (χ4v) is 6.26. The number of hydrogen-bond acceptors (Lipinski definition) is 12. The second kappa shape index (κ2) is 16.1. The number of hydroxylamine groups is 2. The molecule has 3 saturated heterocycles. The SMILES string of the molecule is O=C(CNC(=O)CCCCC1SC[C@@H]2NC(=O)N[C@H]12)CC(SOOO)C(=O)C(=O)ON1CCCC1.[NaH]. The second-order valence-electron chi connectivity index (χ2n) is 8.49. The number of nitrogens with one attached hydrogen (secondary N) is 3. The Kier molecular flexibility index (Phi) is 14.0. The molecule has 0 bridgehead atoms. The van der Waals surface area contributed by atoms with E-state index in [1.807, 2.05) is 11.8 Å². The molecule has 16 heteroatoms. The number of hydrogen-bond donors (Lipinski definition) is 4. The molecule has 0 aromatic heterocycles. The van der Waals surface area contributed by atoms with Gasteiger partial charge in [0.2, 0.25) is 5.91 Å². The van der Waals surface area contributed by atoms with E-state index in [2.05, 4.69) is 25.3 Å². The molecule has 0 saturated carbocycles. The summed E-state index contributed by atoms with van der Waals surface area (Å²) in [5.74, 6) is -2.08. The van der Waals surface area contributed by atoms with Gasteiger partial charge in [-0.15, -0.1) is 9.40 Å². The molecule has 0 aromatic rings. The molecule has 0 spiro atoms. The minimum absolute atomic E-state index is 0. The van der Waals surface area contributed by atoms with E-state index < -0.39 is 29.2 Å². The zero-order valence-corrected chi connectivity index (χ0v) is 20.7. The maximum atomic E-state index is 12.4. The standard InChI is InChI=1S/C20H30N4O9S2.Na.H/c25-12(9-15(35-33-32-30)18(27)19(28)31-24-7-3-4-8-24)10-21-16(26)6-2-1-5-14-17-13(11-34-14)22-20(29)23-17;;/h13-15,17,30H,1-11H2,(H,21,26)(H2,22,23,29);;/t13-,14?,15?,17-;;/m0../s1. The van der Waals surface area contributed by atoms with Gasteiger partial charge >= 0.3 is 41.6 Å². The quantitative estimate of drug-likeness (QED) is 0.0394. The molecule has 3 amide bonds. The van der Waals surface area contributed by atoms with Gasteiger partial charge in [-0.05, 0) is 25.7 Å². The van der Waals surface area contributed by atoms with Gasteiger partial charge in [0, 0.05) is 49.0 Å². The summed E-state index contributed by atoms with van der Waals surface area (Å²) in [7, 11) is 0. The van der Waals surface area contributed by atoms with Gasteiger partial charge in [-0.25, -0.2) is 14.8 Å². The summed E-state index contributed by atoms with van der Waals surface area (Å²) in [5.41, 5.74) is 0. The van der Waals surface area contributed by atoms with Crippen LogP contribution in [0.25, 0.3) is 0 Å². The Hall–Kier alpha value is -0.910. The molecule has 0 radical (unpaired) electrons. The summed E-state index contributed by atoms with van der Waals surface area (Å²) in [4.78, 5) is 65.3. The first-order valence-electron chi connectivity index (χ1n) is 11.5. The molecule has 36 heavy (non-hydrogen) atoms. The van der Waals surface area contributed by atoms with Crippen LogP contribution in [0.15, 0.2) is 0 Å². The van der Waals surface area contributed by atoms with Crippen molar-refractivity contribution in [3.8, 4) is 0 Å². The first-order valence-corrected chi connectivity index (χ1v) is 13.3. The number of thioether (sulfide) groups is 1. The number of fused-ring (bicyclic) bond motifs is 1. The zero-order chi connectivity index (χ0) is 25.2. The first-order chi connectivity index (χ1) is 16.9. The van der Waals surface area contributed by atoms with Crippen LogP contribution < -0.4 is 16.0 Å². The van der Waals surface area contributed by atoms with Crippen molar-refractivity contribution < 1.29 is 43.4 Å². The van der Waals surface area contributed by atoms with Gasteiger partial charge in [0.1, 0.15) is 5.25 Å². The van der Waals surface area contributed by atoms with Crippen molar-refractivity contribution in [3.63, 3.8) is 0 Å². The number of carbonyl (C=O) groups excluding carboxylic acids is 5. The molecule has 4 atom stereocenters. The summed E-state index contributed by atoms with van der Waals surface area (Å²) in [6.07, 6.45) is 3.82. The molecule has 3 aliphatic rings. The third kappa shape index (κ3) is 9.76. The van der Waals surface area contributed by atoms with E-state index in [-0.39, 0.29) is 66.5 Å². The van der Waals surface area contributed by atoms with E-state index in [0.717, 1.165) is 31.4 Å². The Morgan fingerprint density at radius 3 is 2.67 bits per heavy atom. The van der Waals surface area contributed by atoms with Crippen LogP contribution in [0.5, 0.6) is 0 Å². The van der Waals surface area contributed by atoms with Crippen LogP contribution in [0.2, 0.25) is 0 Å². The van der Waals surface area contributed by atoms with Crippen LogP contribution in [-0.2, 0) is 33.4 Å². The van der Waals surface area contributed by atoms with Gasteiger partial charge in [0.25, 0.3) is 5.78 Å². The summed E-state index contributed by atoms with van der Waals surface area (Å²) in [6, 6.07) is 0.160. The third-order valence-corrected chi connectivity index (χ3v) is 8.19. The Morgan fingerprint density at radius 2 is 1.94 bits per heavy atom. The van der Waals surface area contributed by atoms with E-state index in [0.29, 0.717) is 36.8 Å². The predicted octanol–water partition coefficient (Wildman–Crippen LogP) is -0.300. The van der Waals surface area contributed by atoms with Crippen LogP contribution in [0, 0.1) is 0 Å². The van der Waals surface area contributed by atoms with Crippen LogP contribution in [0.4, 0.5) is 4.79 Å². The van der Waals surface area contributed by atoms with Crippen molar-refractivity contribution in [2.24, 2.45) is 0 Å². The second-order valence-corrected chi connectivity index (χ2v) is 10.7. The van der Waals surface area contributed by atoms with Crippen molar-refractivity contribution in [3.05, 3.63) is 0 Å². The zero-order valence-electron chi connectivity index (χ0n) is 19.1. The van der Waals surface area contributed by atoms with Crippen LogP contribution in [0.3, 0.4) is 0 Å². The number of rotatable bonds is 15. The summed E-state index contributed by atoms with van der Waals surface area (Å²) in [6.45, 7) is 0.725. The summed E-state index contributed by atoms with van der Waals surface area (Å²) in [5, 5.41) is 20.6. The topological polar surface area (TPSA) is 173 Å². The summed E-state index contributed by atoms with van der Waals surface area (Å²) >= 11 is 2.12. The maximum absolute atomic E-state index is 12.4. The van der Waals surface area contributed by atoms with Gasteiger partial charge in [-0.3, -0.25) is 14.4 Å². The minimum atomic E-state index is -1.31. The van der Waals surface area contributed by atoms with Crippen molar-refractivity contribution >= 4 is 82.8 Å². The summed E-state index contributed by atoms with van der Waals surface area (Å²) < 4.78 is 4.26. The van der Waals surface area contributed by atoms with E-state index in [4.69, 9.17) is 10.1 Å². The molecule has 4 N–H and O–H groups in total. The Morgan fingerprint density at radius 1 is 1.19 bits per heavy atom. The Bertz CT molecular complexity index is 803. The number of carbonyl (C=O) groups is 5. The van der Waals surface area contributed by atoms with Gasteiger partial charge < -0.3 is 20.8 Å². The molecular formula is C20H31N4NaO9S2. The number of urea groups is 1. The van der Waals surface area contributed by atoms with E-state index in [1.54, 1.807) is 0 Å². The van der Waals surface area contributed by atoms with Gasteiger partial charge in [0.05, 0.1) is 18.6 Å². The van der Waals surface area contributed by atoms with E-state index in [1.165, 1.54) is 5.06 Å². The number of ketones is 2. The molecule has 13 nitrogen and oxygen atoms in total. The average Bonchev–Trinajstić information content (AvgIpc) is 3.56. The van der Waals surface area contributed by atoms with Crippen LogP contribution >= 0.6 is 23.8 Å². The van der Waals surface area contributed by atoms with Crippen molar-refractivity contribution in [2.45, 2.75) is 67.5 Å². The Labute approximate surface area is 239 Å². The molecule has 3 heterocycles. The van der Waals surface area contributed by atoms with Crippen molar-refractivity contribution in [2.75, 3.05) is 25.4 Å². The number of nitrogens with zero attached hydrogens (tertiary/aromatic N) is 1. The van der Waals surface area contributed by atoms with Crippen LogP contribution in [-0.4, -0.2) is 117 Å². The van der Waals surface area contributed by atoms with E-state index >= 15 is 0 Å². The third-order valence-electron chi connectivity index (χ3n) is 5.93. The average molecular weight is 559 g/mol. The fourth-order valence-electron chi connectivity index (χ4n) is 4.15. The van der Waals surface area contributed by atoms with Gasteiger partial charge in [-0.2, -0.15) is 11.8 Å². The molecule has 198 valence electrons. The van der Waals surface area contributed by atoms with Crippen molar-refractivity contribution in [1.82, 2.24) is 21.0 Å². The molecule has 0 aromatic carbocycles. The molecular weight excluding hydrogens is 527 g/mol. The van der Waals surface area contributed by atoms with Gasteiger partial charge in [-0.1, -0.05) is 11.5 Å². The Balaban J connectivity index is 0.00000456. The number of amides is 3. The predicted molar refractivity (Wildman–Crippen MR) is 132 cm³/mol. The molecule has 2 unspecified atom stereocenters. The first kappa shape index (κ1) is 31.3. The monoisotopic (exact) mass is 558 g/mol. The molecule has 3 rings (SSSR count). The van der Waals surface area contributed by atoms with E-state index in [9.17, 15) is 24.0 Å². The number of Topliss-reactive ketones (excluding diaryl/α,β-unsaturated/α-hetero) is 2. The normalized spacial score (nSPS) is 23.7. The molecule has 0 aliphatic carbocycles. The molecule has 3 aliphatic heterocycles. The van der Waals surface area contributed by atoms with Crippen molar-refractivity contribution in [1.29, 1.82) is 0 Å².